The molecule has 0 aliphatic rings. The first-order valence-corrected chi connectivity index (χ1v) is 5.52. The van der Waals surface area contributed by atoms with Crippen molar-refractivity contribution in [1.29, 1.82) is 0 Å². The molecule has 5 nitrogen and oxygen atoms in total. The van der Waals surface area contributed by atoms with E-state index in [0.29, 0.717) is 0 Å². The summed E-state index contributed by atoms with van der Waals surface area (Å²) in [5.41, 5.74) is 0.548. The van der Waals surface area contributed by atoms with Crippen LogP contribution in [0.15, 0.2) is 48.7 Å². The fraction of sp³-hybridized carbons (Fsp3) is 0.0714. The van der Waals surface area contributed by atoms with Crippen LogP contribution in [0.4, 0.5) is 0 Å². The van der Waals surface area contributed by atoms with E-state index in [9.17, 15) is 9.59 Å². The van der Waals surface area contributed by atoms with Crippen molar-refractivity contribution in [3.63, 3.8) is 0 Å². The number of nitrogens with zero attached hydrogens (tertiary/aromatic N) is 1. The summed E-state index contributed by atoms with van der Waals surface area (Å²) >= 11 is 0. The highest BCUT2D eigenvalue weighted by Gasteiger charge is 2.12. The van der Waals surface area contributed by atoms with Gasteiger partial charge in [-0.05, 0) is 24.3 Å². The second kappa shape index (κ2) is 5.77. The Morgan fingerprint density at radius 1 is 1.00 bits per heavy atom. The Hall–Kier alpha value is -2.69. The molecule has 0 unspecified atom stereocenters. The molecule has 5 heteroatoms. The minimum absolute atomic E-state index is 0.205. The van der Waals surface area contributed by atoms with Gasteiger partial charge in [-0.2, -0.15) is 0 Å². The van der Waals surface area contributed by atoms with Crippen molar-refractivity contribution in [1.82, 2.24) is 4.98 Å². The van der Waals surface area contributed by atoms with Gasteiger partial charge in [-0.15, -0.1) is 0 Å². The minimum Gasteiger partial charge on any atom is -0.465 e. The molecule has 0 aliphatic carbocycles. The molecule has 1 aromatic carbocycles. The predicted octanol–water partition coefficient (Wildman–Crippen LogP) is 2.09. The van der Waals surface area contributed by atoms with Crippen LogP contribution in [-0.4, -0.2) is 24.0 Å². The second-order valence-corrected chi connectivity index (χ2v) is 3.63. The zero-order chi connectivity index (χ0) is 13.7. The number of carbonyl (C=O) groups excluding carboxylic acids is 2. The second-order valence-electron chi connectivity index (χ2n) is 3.63. The van der Waals surface area contributed by atoms with Gasteiger partial charge in [0.05, 0.1) is 18.2 Å². The number of pyridine rings is 1. The first kappa shape index (κ1) is 12.8. The Morgan fingerprint density at radius 3 is 2.37 bits per heavy atom. The molecule has 0 spiro atoms. The van der Waals surface area contributed by atoms with E-state index >= 15 is 0 Å². The summed E-state index contributed by atoms with van der Waals surface area (Å²) in [6, 6.07) is 11.1. The smallest absolute Gasteiger partial charge is 0.344 e. The highest BCUT2D eigenvalue weighted by atomic mass is 16.5. The van der Waals surface area contributed by atoms with Crippen molar-refractivity contribution in [3.05, 3.63) is 59.8 Å². The van der Waals surface area contributed by atoms with Crippen molar-refractivity contribution >= 4 is 11.9 Å². The molecular formula is C14H11NO4. The number of methoxy groups -OCH3 is 1. The van der Waals surface area contributed by atoms with Gasteiger partial charge in [-0.1, -0.05) is 12.1 Å². The van der Waals surface area contributed by atoms with E-state index < -0.39 is 11.9 Å². The summed E-state index contributed by atoms with van der Waals surface area (Å²) in [4.78, 5) is 27.1. The first-order chi connectivity index (χ1) is 9.20. The zero-order valence-electron chi connectivity index (χ0n) is 10.2. The molecule has 0 saturated heterocycles. The standard InChI is InChI=1S/C14H11NO4/c1-18-13(16)10-5-4-6-11(9-10)14(17)19-12-7-2-3-8-15-12/h2-9H,1H3. The maximum atomic E-state index is 11.9. The molecule has 96 valence electrons. The number of carbonyl (C=O) groups is 2. The maximum Gasteiger partial charge on any atom is 0.344 e. The third-order valence-corrected chi connectivity index (χ3v) is 2.35. The van der Waals surface area contributed by atoms with Crippen LogP contribution in [0.5, 0.6) is 5.88 Å². The Labute approximate surface area is 109 Å². The Bertz CT molecular complexity index is 595. The number of benzene rings is 1. The summed E-state index contributed by atoms with van der Waals surface area (Å²) < 4.78 is 9.65. The third-order valence-electron chi connectivity index (χ3n) is 2.35. The SMILES string of the molecule is COC(=O)c1cccc(C(=O)Oc2ccccn2)c1. The van der Waals surface area contributed by atoms with Gasteiger partial charge < -0.3 is 9.47 Å². The molecule has 0 N–H and O–H groups in total. The van der Waals surface area contributed by atoms with Crippen LogP contribution in [0, 0.1) is 0 Å². The third kappa shape index (κ3) is 3.16. The lowest BCUT2D eigenvalue weighted by Crippen LogP contribution is -2.11. The summed E-state index contributed by atoms with van der Waals surface area (Å²) in [7, 11) is 1.28. The predicted molar refractivity (Wildman–Crippen MR) is 67.0 cm³/mol. The summed E-state index contributed by atoms with van der Waals surface area (Å²) in [5, 5.41) is 0. The monoisotopic (exact) mass is 257 g/mol. The highest BCUT2D eigenvalue weighted by molar-refractivity contribution is 5.95. The Kier molecular flexibility index (Phi) is 3.87. The van der Waals surface area contributed by atoms with E-state index in [1.165, 1.54) is 19.4 Å². The molecule has 0 amide bonds. The molecular weight excluding hydrogens is 246 g/mol. The van der Waals surface area contributed by atoms with Crippen LogP contribution in [-0.2, 0) is 4.74 Å². The number of hydrogen-bond donors (Lipinski definition) is 0. The summed E-state index contributed by atoms with van der Waals surface area (Å²) in [6.07, 6.45) is 1.52. The quantitative estimate of drug-likeness (QED) is 0.788. The van der Waals surface area contributed by atoms with Crippen molar-refractivity contribution in [3.8, 4) is 5.88 Å². The van der Waals surface area contributed by atoms with Gasteiger partial charge in [0.15, 0.2) is 0 Å². The van der Waals surface area contributed by atoms with Gasteiger partial charge in [0.2, 0.25) is 5.88 Å². The molecule has 0 radical (unpaired) electrons. The molecule has 0 saturated carbocycles. The highest BCUT2D eigenvalue weighted by Crippen LogP contribution is 2.11. The molecule has 0 fully saturated rings. The van der Waals surface area contributed by atoms with E-state index in [2.05, 4.69) is 9.72 Å². The molecule has 19 heavy (non-hydrogen) atoms. The number of aromatic nitrogens is 1. The van der Waals surface area contributed by atoms with Gasteiger partial charge in [0, 0.05) is 12.3 Å². The molecule has 1 aromatic heterocycles. The van der Waals surface area contributed by atoms with Crippen molar-refractivity contribution < 1.29 is 19.1 Å². The van der Waals surface area contributed by atoms with Gasteiger partial charge >= 0.3 is 11.9 Å². The molecule has 0 atom stereocenters. The molecule has 2 aromatic rings. The van der Waals surface area contributed by atoms with Gasteiger partial charge in [-0.25, -0.2) is 14.6 Å². The van der Waals surface area contributed by atoms with Crippen LogP contribution in [0.3, 0.4) is 0 Å². The average molecular weight is 257 g/mol. The first-order valence-electron chi connectivity index (χ1n) is 5.52. The molecule has 0 aliphatic heterocycles. The minimum atomic E-state index is -0.579. The van der Waals surface area contributed by atoms with Crippen molar-refractivity contribution in [2.75, 3.05) is 7.11 Å². The molecule has 1 heterocycles. The van der Waals surface area contributed by atoms with E-state index in [1.807, 2.05) is 0 Å². The van der Waals surface area contributed by atoms with E-state index in [0.717, 1.165) is 0 Å². The van der Waals surface area contributed by atoms with Crippen LogP contribution in [0.25, 0.3) is 0 Å². The fourth-order valence-corrected chi connectivity index (χ4v) is 1.45. The van der Waals surface area contributed by atoms with E-state index in [1.54, 1.807) is 36.4 Å². The Balaban J connectivity index is 2.18. The number of esters is 2. The van der Waals surface area contributed by atoms with Crippen LogP contribution in [0.2, 0.25) is 0 Å². The zero-order valence-corrected chi connectivity index (χ0v) is 10.2. The molecule has 0 bridgehead atoms. The van der Waals surface area contributed by atoms with Crippen molar-refractivity contribution in [2.45, 2.75) is 0 Å². The van der Waals surface area contributed by atoms with E-state index in [-0.39, 0.29) is 17.0 Å². The van der Waals surface area contributed by atoms with Crippen LogP contribution in [0.1, 0.15) is 20.7 Å². The van der Waals surface area contributed by atoms with Gasteiger partial charge in [-0.3, -0.25) is 0 Å². The number of ether oxygens (including phenoxy) is 2. The average Bonchev–Trinajstić information content (AvgIpc) is 2.47. The summed E-state index contributed by atoms with van der Waals surface area (Å²) in [6.45, 7) is 0. The van der Waals surface area contributed by atoms with Crippen LogP contribution < -0.4 is 4.74 Å². The number of hydrogen-bond acceptors (Lipinski definition) is 5. The largest absolute Gasteiger partial charge is 0.465 e. The van der Waals surface area contributed by atoms with Crippen LogP contribution >= 0.6 is 0 Å². The van der Waals surface area contributed by atoms with Gasteiger partial charge in [0.25, 0.3) is 0 Å². The topological polar surface area (TPSA) is 65.5 Å². The lowest BCUT2D eigenvalue weighted by Gasteiger charge is -2.04. The fourth-order valence-electron chi connectivity index (χ4n) is 1.45. The lowest BCUT2D eigenvalue weighted by molar-refractivity contribution is 0.0600. The lowest BCUT2D eigenvalue weighted by atomic mass is 10.1. The van der Waals surface area contributed by atoms with E-state index in [4.69, 9.17) is 4.74 Å². The number of rotatable bonds is 3. The molecule has 2 rings (SSSR count). The van der Waals surface area contributed by atoms with Gasteiger partial charge in [0.1, 0.15) is 0 Å². The van der Waals surface area contributed by atoms with Crippen molar-refractivity contribution in [2.24, 2.45) is 0 Å². The maximum absolute atomic E-state index is 11.9. The Morgan fingerprint density at radius 2 is 1.74 bits per heavy atom. The summed E-state index contributed by atoms with van der Waals surface area (Å²) in [5.74, 6) is -0.882. The normalized spacial score (nSPS) is 9.74.